The number of thiophene rings is 1. The number of benzene rings is 2. The summed E-state index contributed by atoms with van der Waals surface area (Å²) in [5, 5.41) is 3.49. The standard InChI is InChI=1S/C18H19NOS/c1-20-14-9-6-13(7-10-14)8-11-17(19)16-12-21-18-5-3-2-4-15(16)18/h2-7,9-10,12,17H,8,11,19H2,1H3. The Morgan fingerprint density at radius 2 is 1.86 bits per heavy atom. The summed E-state index contributed by atoms with van der Waals surface area (Å²) in [7, 11) is 1.69. The Hall–Kier alpha value is -1.84. The lowest BCUT2D eigenvalue weighted by Crippen LogP contribution is -2.10. The fraction of sp³-hybridized carbons (Fsp3) is 0.222. The molecule has 2 nitrogen and oxygen atoms in total. The molecule has 0 amide bonds. The van der Waals surface area contributed by atoms with Gasteiger partial charge in [0.05, 0.1) is 7.11 Å². The molecule has 0 spiro atoms. The van der Waals surface area contributed by atoms with Gasteiger partial charge in [-0.3, -0.25) is 0 Å². The van der Waals surface area contributed by atoms with Crippen molar-refractivity contribution < 1.29 is 4.74 Å². The number of ether oxygens (including phenoxy) is 1. The van der Waals surface area contributed by atoms with Gasteiger partial charge in [0, 0.05) is 10.7 Å². The van der Waals surface area contributed by atoms with E-state index in [-0.39, 0.29) is 6.04 Å². The highest BCUT2D eigenvalue weighted by Gasteiger charge is 2.11. The molecule has 0 radical (unpaired) electrons. The smallest absolute Gasteiger partial charge is 0.118 e. The predicted octanol–water partition coefficient (Wildman–Crippen LogP) is 4.54. The molecule has 0 saturated heterocycles. The molecule has 1 aromatic heterocycles. The summed E-state index contributed by atoms with van der Waals surface area (Å²) in [6, 6.07) is 16.8. The first-order valence-electron chi connectivity index (χ1n) is 7.12. The minimum absolute atomic E-state index is 0.0863. The van der Waals surface area contributed by atoms with Crippen molar-refractivity contribution in [3.8, 4) is 5.75 Å². The molecule has 1 unspecified atom stereocenters. The molecule has 1 heterocycles. The van der Waals surface area contributed by atoms with Gasteiger partial charge in [-0.25, -0.2) is 0 Å². The summed E-state index contributed by atoms with van der Waals surface area (Å²) in [6.45, 7) is 0. The number of aryl methyl sites for hydroxylation is 1. The van der Waals surface area contributed by atoms with Crippen molar-refractivity contribution in [2.75, 3.05) is 7.11 Å². The van der Waals surface area contributed by atoms with Gasteiger partial charge < -0.3 is 10.5 Å². The predicted molar refractivity (Wildman–Crippen MR) is 90.1 cm³/mol. The summed E-state index contributed by atoms with van der Waals surface area (Å²) < 4.78 is 6.49. The topological polar surface area (TPSA) is 35.2 Å². The quantitative estimate of drug-likeness (QED) is 0.750. The molecule has 0 aliphatic carbocycles. The zero-order chi connectivity index (χ0) is 14.7. The second kappa shape index (κ2) is 6.29. The van der Waals surface area contributed by atoms with E-state index in [0.717, 1.165) is 18.6 Å². The lowest BCUT2D eigenvalue weighted by Gasteiger charge is -2.11. The highest BCUT2D eigenvalue weighted by Crippen LogP contribution is 2.31. The van der Waals surface area contributed by atoms with Crippen LogP contribution >= 0.6 is 11.3 Å². The molecular formula is C18H19NOS. The van der Waals surface area contributed by atoms with Gasteiger partial charge in [-0.05, 0) is 52.9 Å². The van der Waals surface area contributed by atoms with E-state index in [1.165, 1.54) is 21.2 Å². The zero-order valence-electron chi connectivity index (χ0n) is 12.1. The van der Waals surface area contributed by atoms with E-state index in [1.807, 2.05) is 12.1 Å². The number of nitrogens with two attached hydrogens (primary N) is 1. The average molecular weight is 297 g/mol. The van der Waals surface area contributed by atoms with Crippen molar-refractivity contribution >= 4 is 21.4 Å². The second-order valence-corrected chi connectivity index (χ2v) is 6.09. The van der Waals surface area contributed by atoms with Crippen LogP contribution in [0.25, 0.3) is 10.1 Å². The molecule has 0 fully saturated rings. The molecule has 3 aromatic rings. The summed E-state index contributed by atoms with van der Waals surface area (Å²) in [5.74, 6) is 0.895. The summed E-state index contributed by atoms with van der Waals surface area (Å²) in [6.07, 6.45) is 1.93. The number of fused-ring (bicyclic) bond motifs is 1. The summed E-state index contributed by atoms with van der Waals surface area (Å²) in [4.78, 5) is 0. The molecule has 21 heavy (non-hydrogen) atoms. The van der Waals surface area contributed by atoms with Crippen LogP contribution in [-0.2, 0) is 6.42 Å². The molecule has 0 bridgehead atoms. The van der Waals surface area contributed by atoms with E-state index >= 15 is 0 Å². The molecule has 3 heteroatoms. The van der Waals surface area contributed by atoms with Crippen molar-refractivity contribution in [3.63, 3.8) is 0 Å². The molecule has 2 N–H and O–H groups in total. The van der Waals surface area contributed by atoms with Crippen LogP contribution in [0.1, 0.15) is 23.6 Å². The van der Waals surface area contributed by atoms with Gasteiger partial charge in [-0.1, -0.05) is 30.3 Å². The minimum Gasteiger partial charge on any atom is -0.497 e. The fourth-order valence-electron chi connectivity index (χ4n) is 2.56. The summed E-state index contributed by atoms with van der Waals surface area (Å²) in [5.41, 5.74) is 8.96. The van der Waals surface area contributed by atoms with Crippen LogP contribution in [0.15, 0.2) is 53.9 Å². The maximum Gasteiger partial charge on any atom is 0.118 e. The highest BCUT2D eigenvalue weighted by molar-refractivity contribution is 7.17. The normalized spacial score (nSPS) is 12.5. The monoisotopic (exact) mass is 297 g/mol. The van der Waals surface area contributed by atoms with Crippen molar-refractivity contribution in [1.82, 2.24) is 0 Å². The largest absolute Gasteiger partial charge is 0.497 e. The maximum absolute atomic E-state index is 6.39. The van der Waals surface area contributed by atoms with E-state index in [4.69, 9.17) is 10.5 Å². The van der Waals surface area contributed by atoms with Crippen molar-refractivity contribution in [2.45, 2.75) is 18.9 Å². The molecule has 108 valence electrons. The summed E-state index contributed by atoms with van der Waals surface area (Å²) >= 11 is 1.77. The van der Waals surface area contributed by atoms with Crippen molar-refractivity contribution in [2.24, 2.45) is 5.73 Å². The van der Waals surface area contributed by atoms with Crippen LogP contribution in [0.2, 0.25) is 0 Å². The highest BCUT2D eigenvalue weighted by atomic mass is 32.1. The Balaban J connectivity index is 1.69. The molecule has 0 saturated carbocycles. The van der Waals surface area contributed by atoms with Crippen LogP contribution in [0.4, 0.5) is 0 Å². The van der Waals surface area contributed by atoms with Crippen LogP contribution in [-0.4, -0.2) is 7.11 Å². The lowest BCUT2D eigenvalue weighted by atomic mass is 9.99. The van der Waals surface area contributed by atoms with Crippen LogP contribution in [0, 0.1) is 0 Å². The first kappa shape index (κ1) is 14.1. The van der Waals surface area contributed by atoms with E-state index in [0.29, 0.717) is 0 Å². The van der Waals surface area contributed by atoms with Gasteiger partial charge >= 0.3 is 0 Å². The van der Waals surface area contributed by atoms with Crippen molar-refractivity contribution in [3.05, 3.63) is 65.0 Å². The Morgan fingerprint density at radius 1 is 1.10 bits per heavy atom. The fourth-order valence-corrected chi connectivity index (χ4v) is 3.58. The Labute approximate surface area is 129 Å². The van der Waals surface area contributed by atoms with E-state index in [2.05, 4.69) is 41.8 Å². The molecule has 1 atom stereocenters. The zero-order valence-corrected chi connectivity index (χ0v) is 12.9. The van der Waals surface area contributed by atoms with Gasteiger partial charge in [0.25, 0.3) is 0 Å². The van der Waals surface area contributed by atoms with Crippen LogP contribution in [0.3, 0.4) is 0 Å². The molecule has 3 rings (SSSR count). The average Bonchev–Trinajstić information content (AvgIpc) is 2.97. The Kier molecular flexibility index (Phi) is 4.23. The number of methoxy groups -OCH3 is 1. The third-order valence-corrected chi connectivity index (χ3v) is 4.80. The van der Waals surface area contributed by atoms with Gasteiger partial charge in [0.1, 0.15) is 5.75 Å². The SMILES string of the molecule is COc1ccc(CCC(N)c2csc3ccccc23)cc1. The maximum atomic E-state index is 6.39. The van der Waals surface area contributed by atoms with Gasteiger partial charge in [0.2, 0.25) is 0 Å². The van der Waals surface area contributed by atoms with Gasteiger partial charge in [-0.2, -0.15) is 0 Å². The first-order valence-corrected chi connectivity index (χ1v) is 8.00. The third-order valence-electron chi connectivity index (χ3n) is 3.81. The van der Waals surface area contributed by atoms with Gasteiger partial charge in [0.15, 0.2) is 0 Å². The molecule has 2 aromatic carbocycles. The Bertz CT molecular complexity index is 717. The van der Waals surface area contributed by atoms with Crippen molar-refractivity contribution in [1.29, 1.82) is 0 Å². The van der Waals surface area contributed by atoms with Crippen LogP contribution < -0.4 is 10.5 Å². The third kappa shape index (κ3) is 3.09. The molecular weight excluding hydrogens is 278 g/mol. The van der Waals surface area contributed by atoms with Crippen LogP contribution in [0.5, 0.6) is 5.75 Å². The number of hydrogen-bond acceptors (Lipinski definition) is 3. The minimum atomic E-state index is 0.0863. The van der Waals surface area contributed by atoms with E-state index < -0.39 is 0 Å². The van der Waals surface area contributed by atoms with E-state index in [1.54, 1.807) is 18.4 Å². The number of rotatable bonds is 5. The lowest BCUT2D eigenvalue weighted by molar-refractivity contribution is 0.414. The second-order valence-electron chi connectivity index (χ2n) is 5.18. The van der Waals surface area contributed by atoms with Gasteiger partial charge in [-0.15, -0.1) is 11.3 Å². The molecule has 0 aliphatic rings. The Morgan fingerprint density at radius 3 is 2.62 bits per heavy atom. The first-order chi connectivity index (χ1) is 10.3. The van der Waals surface area contributed by atoms with E-state index in [9.17, 15) is 0 Å². The number of hydrogen-bond donors (Lipinski definition) is 1. The molecule has 0 aliphatic heterocycles.